The van der Waals surface area contributed by atoms with Gasteiger partial charge in [-0.15, -0.1) is 10.2 Å². The van der Waals surface area contributed by atoms with Gasteiger partial charge in [-0.2, -0.15) is 13.2 Å². The van der Waals surface area contributed by atoms with Crippen molar-refractivity contribution in [1.82, 2.24) is 10.2 Å². The van der Waals surface area contributed by atoms with Crippen LogP contribution in [0, 0.1) is 5.92 Å². The maximum absolute atomic E-state index is 13.2. The molecule has 1 saturated carbocycles. The number of rotatable bonds is 6. The molecule has 1 heterocycles. The molecule has 0 saturated heterocycles. The lowest BCUT2D eigenvalue weighted by atomic mass is 10.0. The van der Waals surface area contributed by atoms with Crippen molar-refractivity contribution in [1.29, 1.82) is 0 Å². The zero-order valence-corrected chi connectivity index (χ0v) is 16.7. The summed E-state index contributed by atoms with van der Waals surface area (Å²) in [6.07, 6.45) is -4.03. The number of carbonyl (C=O) groups excluding carboxylic acids is 1. The van der Waals surface area contributed by atoms with E-state index in [1.54, 1.807) is 6.07 Å². The first kappa shape index (κ1) is 19.9. The van der Waals surface area contributed by atoms with E-state index in [-0.39, 0.29) is 11.5 Å². The van der Waals surface area contributed by atoms with Crippen LogP contribution < -0.4 is 5.32 Å². The molecule has 1 aromatic heterocycles. The minimum atomic E-state index is -4.43. The van der Waals surface area contributed by atoms with Crippen molar-refractivity contribution in [2.75, 3.05) is 5.32 Å². The number of nitrogens with zero attached hydrogens (tertiary/aromatic N) is 2. The number of anilines is 1. The zero-order chi connectivity index (χ0) is 20.4. The van der Waals surface area contributed by atoms with Crippen LogP contribution in [0.4, 0.5) is 18.3 Å². The monoisotopic (exact) mass is 435 g/mol. The lowest BCUT2D eigenvalue weighted by Crippen LogP contribution is -2.15. The first-order chi connectivity index (χ1) is 13.9. The Morgan fingerprint density at radius 2 is 1.83 bits per heavy atom. The molecule has 1 amide bonds. The SMILES string of the molecule is O=C(Nc1nnc(SCc2ccccc2)s1)C1CC1c1ccccc1C(F)(F)F. The Hall–Kier alpha value is -2.39. The van der Waals surface area contributed by atoms with Gasteiger partial charge in [0.1, 0.15) is 0 Å². The Labute approximate surface area is 173 Å². The van der Waals surface area contributed by atoms with Crippen LogP contribution in [-0.2, 0) is 16.7 Å². The maximum atomic E-state index is 13.2. The Bertz CT molecular complexity index is 1010. The highest BCUT2D eigenvalue weighted by Crippen LogP contribution is 2.51. The van der Waals surface area contributed by atoms with Crippen LogP contribution in [0.1, 0.15) is 29.0 Å². The molecular weight excluding hydrogens is 419 g/mol. The van der Waals surface area contributed by atoms with Gasteiger partial charge < -0.3 is 5.32 Å². The minimum absolute atomic E-state index is 0.177. The van der Waals surface area contributed by atoms with E-state index >= 15 is 0 Å². The average Bonchev–Trinajstić information content (AvgIpc) is 3.39. The van der Waals surface area contributed by atoms with Gasteiger partial charge in [-0.1, -0.05) is 71.6 Å². The number of amides is 1. The fraction of sp³-hybridized carbons (Fsp3) is 0.250. The van der Waals surface area contributed by atoms with Crippen LogP contribution in [0.2, 0.25) is 0 Å². The van der Waals surface area contributed by atoms with Crippen molar-refractivity contribution in [3.05, 3.63) is 71.3 Å². The molecule has 2 unspecified atom stereocenters. The zero-order valence-electron chi connectivity index (χ0n) is 15.0. The fourth-order valence-electron chi connectivity index (χ4n) is 3.14. The molecule has 9 heteroatoms. The van der Waals surface area contributed by atoms with E-state index in [4.69, 9.17) is 0 Å². The molecule has 29 heavy (non-hydrogen) atoms. The smallest absolute Gasteiger partial charge is 0.300 e. The number of hydrogen-bond donors (Lipinski definition) is 1. The van der Waals surface area contributed by atoms with Crippen molar-refractivity contribution in [2.45, 2.75) is 28.6 Å². The molecule has 0 bridgehead atoms. The molecular formula is C20H16F3N3OS2. The summed E-state index contributed by atoms with van der Waals surface area (Å²) in [6.45, 7) is 0. The summed E-state index contributed by atoms with van der Waals surface area (Å²) in [6, 6.07) is 15.3. The minimum Gasteiger partial charge on any atom is -0.300 e. The van der Waals surface area contributed by atoms with Crippen molar-refractivity contribution in [3.63, 3.8) is 0 Å². The predicted molar refractivity (Wildman–Crippen MR) is 107 cm³/mol. The molecule has 2 atom stereocenters. The van der Waals surface area contributed by atoms with Crippen molar-refractivity contribution < 1.29 is 18.0 Å². The molecule has 150 valence electrons. The Morgan fingerprint density at radius 1 is 1.10 bits per heavy atom. The third-order valence-electron chi connectivity index (χ3n) is 4.63. The third kappa shape index (κ3) is 4.79. The fourth-order valence-corrected chi connectivity index (χ4v) is 4.85. The topological polar surface area (TPSA) is 54.9 Å². The standard InChI is InChI=1S/C20H16F3N3OS2/c21-20(22,23)16-9-5-4-8-13(16)14-10-15(14)17(27)24-18-25-26-19(29-18)28-11-12-6-2-1-3-7-12/h1-9,14-15H,10-11H2,(H,24,25,27). The number of nitrogens with one attached hydrogen (secondary N) is 1. The van der Waals surface area contributed by atoms with Gasteiger partial charge in [-0.25, -0.2) is 0 Å². The van der Waals surface area contributed by atoms with Crippen LogP contribution in [0.15, 0.2) is 58.9 Å². The predicted octanol–water partition coefficient (Wildman–Crippen LogP) is 5.59. The van der Waals surface area contributed by atoms with Gasteiger partial charge in [0.25, 0.3) is 0 Å². The molecule has 0 radical (unpaired) electrons. The lowest BCUT2D eigenvalue weighted by molar-refractivity contribution is -0.138. The van der Waals surface area contributed by atoms with Crippen LogP contribution in [-0.4, -0.2) is 16.1 Å². The summed E-state index contributed by atoms with van der Waals surface area (Å²) in [5.41, 5.74) is 0.662. The van der Waals surface area contributed by atoms with Crippen LogP contribution in [0.3, 0.4) is 0 Å². The number of hydrogen-bond acceptors (Lipinski definition) is 5. The second kappa shape index (κ2) is 8.16. The second-order valence-electron chi connectivity index (χ2n) is 6.67. The molecule has 1 aliphatic carbocycles. The van der Waals surface area contributed by atoms with Gasteiger partial charge in [-0.05, 0) is 29.5 Å². The lowest BCUT2D eigenvalue weighted by Gasteiger charge is -2.12. The molecule has 0 spiro atoms. The Balaban J connectivity index is 1.35. The summed E-state index contributed by atoms with van der Waals surface area (Å²) >= 11 is 2.78. The number of alkyl halides is 3. The van der Waals surface area contributed by atoms with Crippen molar-refractivity contribution >= 4 is 34.1 Å². The van der Waals surface area contributed by atoms with Crippen LogP contribution in [0.5, 0.6) is 0 Å². The molecule has 1 N–H and O–H groups in total. The highest BCUT2D eigenvalue weighted by atomic mass is 32.2. The van der Waals surface area contributed by atoms with E-state index in [9.17, 15) is 18.0 Å². The first-order valence-corrected chi connectivity index (χ1v) is 10.7. The van der Waals surface area contributed by atoms with Crippen molar-refractivity contribution in [3.8, 4) is 0 Å². The van der Waals surface area contributed by atoms with E-state index in [0.29, 0.717) is 11.6 Å². The highest BCUT2D eigenvalue weighted by molar-refractivity contribution is 8.00. The first-order valence-electron chi connectivity index (χ1n) is 8.89. The molecule has 2 aromatic carbocycles. The van der Waals surface area contributed by atoms with Gasteiger partial charge in [0.05, 0.1) is 5.56 Å². The van der Waals surface area contributed by atoms with E-state index in [1.807, 2.05) is 30.3 Å². The Morgan fingerprint density at radius 3 is 2.59 bits per heavy atom. The normalized spacial score (nSPS) is 18.4. The van der Waals surface area contributed by atoms with E-state index in [1.165, 1.54) is 35.2 Å². The molecule has 1 fully saturated rings. The molecule has 0 aliphatic heterocycles. The number of halogens is 3. The molecule has 3 aromatic rings. The maximum Gasteiger partial charge on any atom is 0.416 e. The number of aromatic nitrogens is 2. The number of carbonyl (C=O) groups is 1. The summed E-state index contributed by atoms with van der Waals surface area (Å²) in [5.74, 6) is -0.485. The molecule has 1 aliphatic rings. The molecule has 4 nitrogen and oxygen atoms in total. The van der Waals surface area contributed by atoms with Gasteiger partial charge in [0.15, 0.2) is 4.34 Å². The van der Waals surface area contributed by atoms with Crippen LogP contribution in [0.25, 0.3) is 0 Å². The second-order valence-corrected chi connectivity index (χ2v) is 8.87. The summed E-state index contributed by atoms with van der Waals surface area (Å²) < 4.78 is 40.3. The van der Waals surface area contributed by atoms with E-state index in [0.717, 1.165) is 21.7 Å². The van der Waals surface area contributed by atoms with Gasteiger partial charge >= 0.3 is 6.18 Å². The average molecular weight is 435 g/mol. The van der Waals surface area contributed by atoms with Crippen LogP contribution >= 0.6 is 23.1 Å². The summed E-state index contributed by atoms with van der Waals surface area (Å²) in [4.78, 5) is 12.4. The van der Waals surface area contributed by atoms with E-state index < -0.39 is 23.6 Å². The Kier molecular flexibility index (Phi) is 5.60. The summed E-state index contributed by atoms with van der Waals surface area (Å²) in [5, 5.41) is 11.1. The van der Waals surface area contributed by atoms with Gasteiger partial charge in [-0.3, -0.25) is 4.79 Å². The molecule has 4 rings (SSSR count). The third-order valence-corrected chi connectivity index (χ3v) is 6.68. The quantitative estimate of drug-likeness (QED) is 0.405. The van der Waals surface area contributed by atoms with Gasteiger partial charge in [0.2, 0.25) is 11.0 Å². The number of benzene rings is 2. The largest absolute Gasteiger partial charge is 0.416 e. The highest BCUT2D eigenvalue weighted by Gasteiger charge is 2.48. The van der Waals surface area contributed by atoms with Gasteiger partial charge in [0, 0.05) is 11.7 Å². The van der Waals surface area contributed by atoms with Crippen molar-refractivity contribution in [2.24, 2.45) is 5.92 Å². The van der Waals surface area contributed by atoms with E-state index in [2.05, 4.69) is 15.5 Å². The summed E-state index contributed by atoms with van der Waals surface area (Å²) in [7, 11) is 0. The number of thioether (sulfide) groups is 1.